The van der Waals surface area contributed by atoms with Crippen LogP contribution in [0.2, 0.25) is 5.02 Å². The van der Waals surface area contributed by atoms with Gasteiger partial charge in [0.25, 0.3) is 0 Å². The summed E-state index contributed by atoms with van der Waals surface area (Å²) < 4.78 is 42.5. The number of para-hydroxylation sites is 1. The molecule has 1 aliphatic rings. The smallest absolute Gasteiger partial charge is 0.344 e. The van der Waals surface area contributed by atoms with Gasteiger partial charge in [0.15, 0.2) is 6.61 Å². The highest BCUT2D eigenvalue weighted by Crippen LogP contribution is 2.23. The molecule has 0 aromatic heterocycles. The predicted octanol–water partition coefficient (Wildman–Crippen LogP) is 2.48. The summed E-state index contributed by atoms with van der Waals surface area (Å²) in [5.41, 5.74) is 0.570. The zero-order valence-corrected chi connectivity index (χ0v) is 16.6. The highest BCUT2D eigenvalue weighted by molar-refractivity contribution is 7.89. The van der Waals surface area contributed by atoms with E-state index in [9.17, 15) is 13.2 Å². The van der Waals surface area contributed by atoms with Gasteiger partial charge in [-0.2, -0.15) is 4.31 Å². The lowest BCUT2D eigenvalue weighted by atomic mass is 10.2. The number of esters is 1. The van der Waals surface area contributed by atoms with Crippen molar-refractivity contribution in [3.05, 3.63) is 59.1 Å². The minimum atomic E-state index is -3.60. The summed E-state index contributed by atoms with van der Waals surface area (Å²) in [5.74, 6) is -0.193. The van der Waals surface area contributed by atoms with Crippen molar-refractivity contribution in [1.82, 2.24) is 4.31 Å². The Morgan fingerprint density at radius 3 is 2.61 bits per heavy atom. The van der Waals surface area contributed by atoms with Gasteiger partial charge in [-0.05, 0) is 29.8 Å². The molecule has 0 saturated carbocycles. The Labute approximate surface area is 168 Å². The van der Waals surface area contributed by atoms with Gasteiger partial charge in [0, 0.05) is 13.1 Å². The van der Waals surface area contributed by atoms with Crippen LogP contribution in [-0.2, 0) is 30.9 Å². The second-order valence-electron chi connectivity index (χ2n) is 6.04. The summed E-state index contributed by atoms with van der Waals surface area (Å²) >= 11 is 5.96. The van der Waals surface area contributed by atoms with Crippen molar-refractivity contribution >= 4 is 27.6 Å². The number of morpholine rings is 1. The summed E-state index contributed by atoms with van der Waals surface area (Å²) in [6.07, 6.45) is 0. The molecule has 0 amide bonds. The lowest BCUT2D eigenvalue weighted by molar-refractivity contribution is -0.147. The molecule has 0 N–H and O–H groups in total. The topological polar surface area (TPSA) is 82.1 Å². The predicted molar refractivity (Wildman–Crippen MR) is 103 cm³/mol. The average Bonchev–Trinajstić information content (AvgIpc) is 2.72. The average molecular weight is 426 g/mol. The van der Waals surface area contributed by atoms with E-state index >= 15 is 0 Å². The molecule has 1 aliphatic heterocycles. The second kappa shape index (κ2) is 9.38. The third-order valence-corrected chi connectivity index (χ3v) is 6.30. The Balaban J connectivity index is 1.57. The molecule has 0 atom stereocenters. The third-order valence-electron chi connectivity index (χ3n) is 4.09. The Hall–Kier alpha value is -2.13. The van der Waals surface area contributed by atoms with Crippen LogP contribution in [0, 0.1) is 0 Å². The molecule has 1 saturated heterocycles. The van der Waals surface area contributed by atoms with E-state index < -0.39 is 16.0 Å². The number of hydrogen-bond acceptors (Lipinski definition) is 6. The Kier molecular flexibility index (Phi) is 6.90. The summed E-state index contributed by atoms with van der Waals surface area (Å²) in [4.78, 5) is 12.1. The first-order valence-corrected chi connectivity index (χ1v) is 10.5. The van der Waals surface area contributed by atoms with E-state index in [4.69, 9.17) is 25.8 Å². The molecule has 1 fully saturated rings. The highest BCUT2D eigenvalue weighted by atomic mass is 35.5. The van der Waals surface area contributed by atoms with Crippen molar-refractivity contribution in [2.75, 3.05) is 32.9 Å². The maximum absolute atomic E-state index is 12.7. The Bertz CT molecular complexity index is 928. The van der Waals surface area contributed by atoms with Gasteiger partial charge in [-0.15, -0.1) is 0 Å². The van der Waals surface area contributed by atoms with Crippen LogP contribution in [-0.4, -0.2) is 51.6 Å². The standard InChI is InChI=1S/C19H20ClNO6S/c20-17-6-1-2-7-18(17)26-14-19(22)27-13-15-4-3-5-16(12-15)28(23,24)21-8-10-25-11-9-21/h1-7,12H,8-11,13-14H2. The number of benzene rings is 2. The van der Waals surface area contributed by atoms with Crippen LogP contribution in [0.4, 0.5) is 0 Å². The zero-order chi connectivity index (χ0) is 20.0. The second-order valence-corrected chi connectivity index (χ2v) is 8.39. The van der Waals surface area contributed by atoms with Gasteiger partial charge in [-0.3, -0.25) is 0 Å². The van der Waals surface area contributed by atoms with Crippen LogP contribution >= 0.6 is 11.6 Å². The van der Waals surface area contributed by atoms with Gasteiger partial charge in [0.1, 0.15) is 12.4 Å². The molecule has 0 unspecified atom stereocenters. The number of rotatable bonds is 7. The first-order chi connectivity index (χ1) is 13.5. The largest absolute Gasteiger partial charge is 0.480 e. The maximum atomic E-state index is 12.7. The molecular weight excluding hydrogens is 406 g/mol. The number of nitrogens with zero attached hydrogens (tertiary/aromatic N) is 1. The molecule has 7 nitrogen and oxygen atoms in total. The molecule has 150 valence electrons. The fourth-order valence-corrected chi connectivity index (χ4v) is 4.30. The Morgan fingerprint density at radius 2 is 1.86 bits per heavy atom. The molecule has 28 heavy (non-hydrogen) atoms. The van der Waals surface area contributed by atoms with Gasteiger partial charge < -0.3 is 14.2 Å². The number of carbonyl (C=O) groups is 1. The summed E-state index contributed by atoms with van der Waals surface area (Å²) in [6.45, 7) is 1.04. The SMILES string of the molecule is O=C(COc1ccccc1Cl)OCc1cccc(S(=O)(=O)N2CCOCC2)c1. The van der Waals surface area contributed by atoms with Crippen LogP contribution < -0.4 is 4.74 Å². The van der Waals surface area contributed by atoms with Gasteiger partial charge in [0.2, 0.25) is 10.0 Å². The number of hydrogen-bond donors (Lipinski definition) is 0. The molecule has 3 rings (SSSR count). The van der Waals surface area contributed by atoms with Gasteiger partial charge in [-0.1, -0.05) is 35.9 Å². The number of sulfonamides is 1. The van der Waals surface area contributed by atoms with E-state index in [1.54, 1.807) is 36.4 Å². The van der Waals surface area contributed by atoms with Crippen molar-refractivity contribution < 1.29 is 27.4 Å². The van der Waals surface area contributed by atoms with Gasteiger partial charge >= 0.3 is 5.97 Å². The van der Waals surface area contributed by atoms with Crippen LogP contribution in [0.1, 0.15) is 5.56 Å². The molecule has 0 aliphatic carbocycles. The summed E-state index contributed by atoms with van der Waals surface area (Å²) in [6, 6.07) is 13.2. The van der Waals surface area contributed by atoms with E-state index in [0.717, 1.165) is 0 Å². The maximum Gasteiger partial charge on any atom is 0.344 e. The first-order valence-electron chi connectivity index (χ1n) is 8.66. The first kappa shape index (κ1) is 20.6. The molecule has 0 spiro atoms. The quantitative estimate of drug-likeness (QED) is 0.634. The van der Waals surface area contributed by atoms with Gasteiger partial charge in [-0.25, -0.2) is 13.2 Å². The molecule has 0 radical (unpaired) electrons. The molecular formula is C19H20ClNO6S. The molecule has 2 aromatic carbocycles. The van der Waals surface area contributed by atoms with Crippen molar-refractivity contribution in [3.63, 3.8) is 0 Å². The molecule has 9 heteroatoms. The molecule has 1 heterocycles. The van der Waals surface area contributed by atoms with E-state index in [0.29, 0.717) is 42.6 Å². The van der Waals surface area contributed by atoms with Crippen LogP contribution in [0.15, 0.2) is 53.4 Å². The lowest BCUT2D eigenvalue weighted by Gasteiger charge is -2.26. The van der Waals surface area contributed by atoms with Crippen LogP contribution in [0.3, 0.4) is 0 Å². The third kappa shape index (κ3) is 5.23. The number of halogens is 1. The monoisotopic (exact) mass is 425 g/mol. The van der Waals surface area contributed by atoms with Crippen LogP contribution in [0.5, 0.6) is 5.75 Å². The summed E-state index contributed by atoms with van der Waals surface area (Å²) in [5, 5.41) is 0.399. The normalized spacial score (nSPS) is 15.2. The highest BCUT2D eigenvalue weighted by Gasteiger charge is 2.26. The molecule has 0 bridgehead atoms. The number of ether oxygens (including phenoxy) is 3. The molecule has 2 aromatic rings. The minimum absolute atomic E-state index is 0.0583. The number of carbonyl (C=O) groups excluding carboxylic acids is 1. The fourth-order valence-electron chi connectivity index (χ4n) is 2.64. The van der Waals surface area contributed by atoms with Gasteiger partial charge in [0.05, 0.1) is 23.1 Å². The van der Waals surface area contributed by atoms with Crippen molar-refractivity contribution in [1.29, 1.82) is 0 Å². The van der Waals surface area contributed by atoms with Crippen molar-refractivity contribution in [2.45, 2.75) is 11.5 Å². The van der Waals surface area contributed by atoms with E-state index in [-0.39, 0.29) is 18.1 Å². The van der Waals surface area contributed by atoms with E-state index in [1.807, 2.05) is 0 Å². The van der Waals surface area contributed by atoms with Crippen molar-refractivity contribution in [3.8, 4) is 5.75 Å². The summed E-state index contributed by atoms with van der Waals surface area (Å²) in [7, 11) is -3.60. The lowest BCUT2D eigenvalue weighted by Crippen LogP contribution is -2.40. The van der Waals surface area contributed by atoms with Crippen LogP contribution in [0.25, 0.3) is 0 Å². The Morgan fingerprint density at radius 1 is 1.11 bits per heavy atom. The fraction of sp³-hybridized carbons (Fsp3) is 0.316. The van der Waals surface area contributed by atoms with E-state index in [2.05, 4.69) is 0 Å². The zero-order valence-electron chi connectivity index (χ0n) is 15.0. The minimum Gasteiger partial charge on any atom is -0.480 e. The van der Waals surface area contributed by atoms with Crippen molar-refractivity contribution in [2.24, 2.45) is 0 Å². The van der Waals surface area contributed by atoms with E-state index in [1.165, 1.54) is 16.4 Å².